The number of methoxy groups -OCH3 is 1. The molecule has 0 spiro atoms. The molecule has 1 atom stereocenters. The molecular formula is C19H24F2N2O2Si. The molecule has 0 aromatic heterocycles. The van der Waals surface area contributed by atoms with E-state index in [1.165, 1.54) is 0 Å². The second-order valence-corrected chi connectivity index (χ2v) is 12.4. The predicted octanol–water partition coefficient (Wildman–Crippen LogP) is 2.34. The molecule has 0 aliphatic carbocycles. The molecule has 2 aromatic carbocycles. The second-order valence-electron chi connectivity index (χ2n) is 7.37. The van der Waals surface area contributed by atoms with Gasteiger partial charge in [-0.05, 0) is 28.8 Å². The summed E-state index contributed by atoms with van der Waals surface area (Å²) in [6, 6.07) is 8.91. The molecule has 7 heteroatoms. The molecule has 4 nitrogen and oxygen atoms in total. The Kier molecular flexibility index (Phi) is 5.65. The first-order valence-corrected chi connectivity index (χ1v) is 11.7. The van der Waals surface area contributed by atoms with Crippen molar-refractivity contribution in [3.8, 4) is 0 Å². The van der Waals surface area contributed by atoms with Crippen LogP contribution in [0.5, 0.6) is 0 Å². The third-order valence-electron chi connectivity index (χ3n) is 4.36. The van der Waals surface area contributed by atoms with E-state index in [9.17, 15) is 13.6 Å². The zero-order valence-corrected chi connectivity index (χ0v) is 16.4. The number of hydrogen-bond donors (Lipinski definition) is 2. The predicted molar refractivity (Wildman–Crippen MR) is 101 cm³/mol. The number of carbonyl (C=O) groups excluding carboxylic acids is 1. The quantitative estimate of drug-likeness (QED) is 0.758. The average Bonchev–Trinajstić information content (AvgIpc) is 2.52. The van der Waals surface area contributed by atoms with Gasteiger partial charge in [0.25, 0.3) is 0 Å². The van der Waals surface area contributed by atoms with E-state index in [4.69, 9.17) is 16.2 Å². The molecule has 0 fully saturated rings. The van der Waals surface area contributed by atoms with Crippen LogP contribution in [0.2, 0.25) is 19.6 Å². The van der Waals surface area contributed by atoms with Gasteiger partial charge in [0.1, 0.15) is 17.2 Å². The first-order valence-electron chi connectivity index (χ1n) is 8.19. The van der Waals surface area contributed by atoms with Crippen LogP contribution in [0.25, 0.3) is 0 Å². The lowest BCUT2D eigenvalue weighted by molar-refractivity contribution is -0.122. The maximum atomic E-state index is 14.7. The maximum absolute atomic E-state index is 14.7. The third-order valence-corrected chi connectivity index (χ3v) is 6.33. The minimum absolute atomic E-state index is 0.0125. The van der Waals surface area contributed by atoms with Crippen molar-refractivity contribution < 1.29 is 18.3 Å². The normalized spacial score (nSPS) is 14.1. The number of hydrogen-bond acceptors (Lipinski definition) is 3. The summed E-state index contributed by atoms with van der Waals surface area (Å²) in [4.78, 5) is 12.2. The highest BCUT2D eigenvalue weighted by molar-refractivity contribution is 6.88. The number of primary amides is 1. The van der Waals surface area contributed by atoms with Gasteiger partial charge < -0.3 is 16.2 Å². The SMILES string of the molecule is COCc1ccc(C(N)(C(N)=O)c2cc(F)c([Si](C)(C)C)c(F)c2)cc1. The summed E-state index contributed by atoms with van der Waals surface area (Å²) in [5, 5.41) is 0.0727. The smallest absolute Gasteiger partial charge is 0.246 e. The molecule has 2 aromatic rings. The van der Waals surface area contributed by atoms with Gasteiger partial charge in [-0.15, -0.1) is 0 Å². The van der Waals surface area contributed by atoms with Gasteiger partial charge in [-0.25, -0.2) is 8.78 Å². The van der Waals surface area contributed by atoms with Gasteiger partial charge in [-0.1, -0.05) is 43.9 Å². The standard InChI is InChI=1S/C19H24F2N2O2Si/c1-25-11-12-5-7-13(8-6-12)19(23,18(22)24)14-9-15(20)17(16(21)10-14)26(2,3)4/h5-10H,11,23H2,1-4H3,(H2,22,24). The Morgan fingerprint density at radius 3 is 1.96 bits per heavy atom. The van der Waals surface area contributed by atoms with Crippen molar-refractivity contribution in [1.29, 1.82) is 0 Å². The van der Waals surface area contributed by atoms with E-state index in [2.05, 4.69) is 0 Å². The van der Waals surface area contributed by atoms with Crippen LogP contribution in [-0.4, -0.2) is 21.1 Å². The van der Waals surface area contributed by atoms with Gasteiger partial charge in [0.05, 0.1) is 14.7 Å². The molecular weight excluding hydrogens is 354 g/mol. The number of ether oxygens (including phenoxy) is 1. The highest BCUT2D eigenvalue weighted by Gasteiger charge is 2.38. The minimum Gasteiger partial charge on any atom is -0.380 e. The molecule has 2 rings (SSSR count). The molecule has 0 aliphatic rings. The van der Waals surface area contributed by atoms with Crippen molar-refractivity contribution in [2.75, 3.05) is 7.11 Å². The molecule has 0 saturated heterocycles. The first kappa shape index (κ1) is 20.2. The van der Waals surface area contributed by atoms with Crippen LogP contribution < -0.4 is 16.7 Å². The maximum Gasteiger partial charge on any atom is 0.246 e. The van der Waals surface area contributed by atoms with E-state index in [1.807, 2.05) is 19.6 Å². The summed E-state index contributed by atoms with van der Waals surface area (Å²) >= 11 is 0. The molecule has 4 N–H and O–H groups in total. The lowest BCUT2D eigenvalue weighted by atomic mass is 9.82. The van der Waals surface area contributed by atoms with E-state index < -0.39 is 31.2 Å². The average molecular weight is 378 g/mol. The lowest BCUT2D eigenvalue weighted by Gasteiger charge is -2.29. The van der Waals surface area contributed by atoms with Crippen molar-refractivity contribution >= 4 is 19.2 Å². The molecule has 0 heterocycles. The number of amides is 1. The molecule has 1 amide bonds. The van der Waals surface area contributed by atoms with Crippen molar-refractivity contribution in [1.82, 2.24) is 0 Å². The first-order chi connectivity index (χ1) is 12.0. The topological polar surface area (TPSA) is 78.3 Å². The summed E-state index contributed by atoms with van der Waals surface area (Å²) in [5.74, 6) is -2.30. The monoisotopic (exact) mass is 378 g/mol. The fourth-order valence-electron chi connectivity index (χ4n) is 3.00. The van der Waals surface area contributed by atoms with Crippen LogP contribution in [0.1, 0.15) is 16.7 Å². The van der Waals surface area contributed by atoms with Gasteiger partial charge in [0.2, 0.25) is 5.91 Å². The fourth-order valence-corrected chi connectivity index (χ4v) is 4.58. The van der Waals surface area contributed by atoms with Crippen LogP contribution in [0.4, 0.5) is 8.78 Å². The van der Waals surface area contributed by atoms with Crippen LogP contribution >= 0.6 is 0 Å². The molecule has 0 bridgehead atoms. The molecule has 26 heavy (non-hydrogen) atoms. The Hall–Kier alpha value is -2.09. The number of nitrogens with two attached hydrogens (primary N) is 2. The van der Waals surface area contributed by atoms with Crippen molar-refractivity contribution in [2.24, 2.45) is 11.5 Å². The molecule has 1 unspecified atom stereocenters. The Morgan fingerprint density at radius 2 is 1.58 bits per heavy atom. The largest absolute Gasteiger partial charge is 0.380 e. The van der Waals surface area contributed by atoms with Crippen LogP contribution in [0.15, 0.2) is 36.4 Å². The lowest BCUT2D eigenvalue weighted by Crippen LogP contribution is -2.51. The Balaban J connectivity index is 2.61. The number of rotatable bonds is 6. The van der Waals surface area contributed by atoms with E-state index in [0.29, 0.717) is 12.2 Å². The van der Waals surface area contributed by atoms with Gasteiger partial charge in [-0.2, -0.15) is 0 Å². The van der Waals surface area contributed by atoms with Gasteiger partial charge in [0.15, 0.2) is 0 Å². The minimum atomic E-state index is -2.25. The zero-order chi connectivity index (χ0) is 19.7. The molecule has 0 radical (unpaired) electrons. The van der Waals surface area contributed by atoms with E-state index in [1.54, 1.807) is 31.4 Å². The summed E-state index contributed by atoms with van der Waals surface area (Å²) in [6.07, 6.45) is 0. The summed E-state index contributed by atoms with van der Waals surface area (Å²) in [5.41, 5.74) is 11.2. The second kappa shape index (κ2) is 7.26. The Labute approximate surface area is 153 Å². The molecule has 0 saturated carbocycles. The number of benzene rings is 2. The van der Waals surface area contributed by atoms with Crippen LogP contribution in [0, 0.1) is 11.6 Å². The third kappa shape index (κ3) is 3.69. The van der Waals surface area contributed by atoms with Crippen molar-refractivity contribution in [3.05, 3.63) is 64.7 Å². The highest BCUT2D eigenvalue weighted by atomic mass is 28.3. The van der Waals surface area contributed by atoms with E-state index in [0.717, 1.165) is 17.7 Å². The number of halogens is 2. The molecule has 140 valence electrons. The number of carbonyl (C=O) groups is 1. The molecule has 0 aliphatic heterocycles. The summed E-state index contributed by atoms with van der Waals surface area (Å²) in [6.45, 7) is 5.91. The van der Waals surface area contributed by atoms with Crippen LogP contribution in [0.3, 0.4) is 0 Å². The Bertz CT molecular complexity index is 796. The van der Waals surface area contributed by atoms with Crippen molar-refractivity contribution in [3.63, 3.8) is 0 Å². The van der Waals surface area contributed by atoms with Crippen molar-refractivity contribution in [2.45, 2.75) is 31.8 Å². The van der Waals surface area contributed by atoms with Crippen LogP contribution in [-0.2, 0) is 21.7 Å². The zero-order valence-electron chi connectivity index (χ0n) is 15.4. The van der Waals surface area contributed by atoms with Gasteiger partial charge in [-0.3, -0.25) is 4.79 Å². The summed E-state index contributed by atoms with van der Waals surface area (Å²) < 4.78 is 34.3. The Morgan fingerprint density at radius 1 is 1.08 bits per heavy atom. The summed E-state index contributed by atoms with van der Waals surface area (Å²) in [7, 11) is -0.683. The fraction of sp³-hybridized carbons (Fsp3) is 0.316. The van der Waals surface area contributed by atoms with Gasteiger partial charge >= 0.3 is 0 Å². The van der Waals surface area contributed by atoms with Gasteiger partial charge in [0, 0.05) is 12.3 Å². The van der Waals surface area contributed by atoms with E-state index in [-0.39, 0.29) is 10.8 Å². The highest BCUT2D eigenvalue weighted by Crippen LogP contribution is 2.29. The van der Waals surface area contributed by atoms with E-state index >= 15 is 0 Å².